The molecule has 0 amide bonds. The molecule has 0 aromatic heterocycles. The molecule has 0 aromatic carbocycles. The van der Waals surface area contributed by atoms with Crippen LogP contribution in [0.1, 0.15) is 40.5 Å². The van der Waals surface area contributed by atoms with Crippen LogP contribution < -0.4 is 5.32 Å². The summed E-state index contributed by atoms with van der Waals surface area (Å²) in [5, 5.41) is 3.48. The lowest BCUT2D eigenvalue weighted by molar-refractivity contribution is -0.144. The molecular formula is C15H30N2O2. The fraction of sp³-hybridized carbons (Fsp3) is 0.933. The van der Waals surface area contributed by atoms with Gasteiger partial charge < -0.3 is 15.0 Å². The molecule has 1 N–H and O–H groups in total. The number of nitrogens with zero attached hydrogens (tertiary/aromatic N) is 1. The minimum atomic E-state index is -0.191. The van der Waals surface area contributed by atoms with Crippen molar-refractivity contribution in [2.75, 3.05) is 26.7 Å². The predicted molar refractivity (Wildman–Crippen MR) is 78.1 cm³/mol. The van der Waals surface area contributed by atoms with E-state index in [-0.39, 0.29) is 17.9 Å². The summed E-state index contributed by atoms with van der Waals surface area (Å²) in [4.78, 5) is 14.3. The Kier molecular flexibility index (Phi) is 6.80. The van der Waals surface area contributed by atoms with Gasteiger partial charge in [-0.05, 0) is 51.2 Å². The number of ether oxygens (including phenoxy) is 1. The number of carbonyl (C=O) groups is 1. The second-order valence-corrected chi connectivity index (χ2v) is 5.97. The van der Waals surface area contributed by atoms with E-state index in [2.05, 4.69) is 37.9 Å². The third-order valence-corrected chi connectivity index (χ3v) is 4.35. The number of hydrogen-bond acceptors (Lipinski definition) is 4. The van der Waals surface area contributed by atoms with E-state index in [0.717, 1.165) is 6.54 Å². The van der Waals surface area contributed by atoms with Gasteiger partial charge in [-0.15, -0.1) is 0 Å². The second kappa shape index (κ2) is 7.85. The summed E-state index contributed by atoms with van der Waals surface area (Å²) < 4.78 is 4.89. The zero-order valence-electron chi connectivity index (χ0n) is 13.1. The maximum atomic E-state index is 11.8. The third-order valence-electron chi connectivity index (χ3n) is 4.35. The Balaban J connectivity index is 2.48. The first-order chi connectivity index (χ1) is 8.99. The average Bonchev–Trinajstić information content (AvgIpc) is 2.43. The molecule has 0 aromatic rings. The highest BCUT2D eigenvalue weighted by molar-refractivity contribution is 5.75. The van der Waals surface area contributed by atoms with Gasteiger partial charge in [0.15, 0.2) is 0 Å². The Morgan fingerprint density at radius 3 is 2.32 bits per heavy atom. The molecule has 4 nitrogen and oxygen atoms in total. The summed E-state index contributed by atoms with van der Waals surface area (Å²) in [6.45, 7) is 12.0. The number of esters is 1. The van der Waals surface area contributed by atoms with Crippen molar-refractivity contribution in [3.05, 3.63) is 0 Å². The second-order valence-electron chi connectivity index (χ2n) is 5.97. The van der Waals surface area contributed by atoms with Crippen LogP contribution in [0.2, 0.25) is 0 Å². The standard InChI is InChI=1S/C15H30N2O2/c1-6-17-9-7-13(8-10-17)12(4)16-14(11(2)3)15(18)19-5/h11-14,16H,6-10H2,1-5H3/t12?,14-/m0/s1. The van der Waals surface area contributed by atoms with E-state index in [1.165, 1.54) is 33.0 Å². The molecule has 0 spiro atoms. The Morgan fingerprint density at radius 2 is 1.89 bits per heavy atom. The number of piperidine rings is 1. The van der Waals surface area contributed by atoms with Crippen LogP contribution in [0.15, 0.2) is 0 Å². The maximum Gasteiger partial charge on any atom is 0.323 e. The van der Waals surface area contributed by atoms with Gasteiger partial charge in [0.1, 0.15) is 6.04 Å². The Morgan fingerprint density at radius 1 is 1.32 bits per heavy atom. The monoisotopic (exact) mass is 270 g/mol. The molecule has 19 heavy (non-hydrogen) atoms. The summed E-state index contributed by atoms with van der Waals surface area (Å²) in [7, 11) is 1.46. The van der Waals surface area contributed by atoms with E-state index >= 15 is 0 Å². The molecule has 112 valence electrons. The van der Waals surface area contributed by atoms with Crippen molar-refractivity contribution in [3.8, 4) is 0 Å². The molecule has 1 aliphatic rings. The van der Waals surface area contributed by atoms with Gasteiger partial charge in [-0.2, -0.15) is 0 Å². The van der Waals surface area contributed by atoms with Crippen LogP contribution in [-0.2, 0) is 9.53 Å². The van der Waals surface area contributed by atoms with E-state index in [1.807, 2.05) is 0 Å². The van der Waals surface area contributed by atoms with E-state index in [9.17, 15) is 4.79 Å². The van der Waals surface area contributed by atoms with E-state index < -0.39 is 0 Å². The lowest BCUT2D eigenvalue weighted by Gasteiger charge is -2.36. The minimum Gasteiger partial charge on any atom is -0.468 e. The van der Waals surface area contributed by atoms with Gasteiger partial charge in [-0.1, -0.05) is 20.8 Å². The Bertz CT molecular complexity index is 273. The normalized spacial score (nSPS) is 21.4. The molecule has 1 rings (SSSR count). The van der Waals surface area contributed by atoms with Gasteiger partial charge in [0.25, 0.3) is 0 Å². The van der Waals surface area contributed by atoms with Gasteiger partial charge in [0, 0.05) is 6.04 Å². The van der Waals surface area contributed by atoms with E-state index in [4.69, 9.17) is 4.74 Å². The minimum absolute atomic E-state index is 0.146. The van der Waals surface area contributed by atoms with Crippen LogP contribution in [0.25, 0.3) is 0 Å². The molecule has 1 saturated heterocycles. The van der Waals surface area contributed by atoms with Crippen molar-refractivity contribution >= 4 is 5.97 Å². The van der Waals surface area contributed by atoms with Gasteiger partial charge in [0.2, 0.25) is 0 Å². The first kappa shape index (κ1) is 16.4. The summed E-state index contributed by atoms with van der Waals surface area (Å²) in [6.07, 6.45) is 2.43. The highest BCUT2D eigenvalue weighted by Crippen LogP contribution is 2.21. The zero-order valence-corrected chi connectivity index (χ0v) is 13.1. The number of methoxy groups -OCH3 is 1. The first-order valence-electron chi connectivity index (χ1n) is 7.55. The molecule has 0 saturated carbocycles. The fourth-order valence-electron chi connectivity index (χ4n) is 2.85. The summed E-state index contributed by atoms with van der Waals surface area (Å²) in [5.41, 5.74) is 0. The summed E-state index contributed by atoms with van der Waals surface area (Å²) in [5.74, 6) is 0.771. The van der Waals surface area contributed by atoms with Crippen LogP contribution >= 0.6 is 0 Å². The molecule has 1 fully saturated rings. The topological polar surface area (TPSA) is 41.6 Å². The molecule has 0 bridgehead atoms. The quantitative estimate of drug-likeness (QED) is 0.749. The molecule has 4 heteroatoms. The fourth-order valence-corrected chi connectivity index (χ4v) is 2.85. The lowest BCUT2D eigenvalue weighted by atomic mass is 9.89. The van der Waals surface area contributed by atoms with Crippen LogP contribution in [0.3, 0.4) is 0 Å². The molecule has 1 heterocycles. The zero-order chi connectivity index (χ0) is 14.4. The first-order valence-corrected chi connectivity index (χ1v) is 7.55. The number of carbonyl (C=O) groups excluding carboxylic acids is 1. The SMILES string of the molecule is CCN1CCC(C(C)N[C@H](C(=O)OC)C(C)C)CC1. The maximum absolute atomic E-state index is 11.8. The number of nitrogens with one attached hydrogen (secondary N) is 1. The van der Waals surface area contributed by atoms with Gasteiger partial charge >= 0.3 is 5.97 Å². The Hall–Kier alpha value is -0.610. The molecule has 2 atom stereocenters. The number of hydrogen-bond donors (Lipinski definition) is 1. The van der Waals surface area contributed by atoms with Crippen LogP contribution in [0.5, 0.6) is 0 Å². The average molecular weight is 270 g/mol. The van der Waals surface area contributed by atoms with E-state index in [0.29, 0.717) is 12.0 Å². The van der Waals surface area contributed by atoms with Crippen molar-refractivity contribution in [2.24, 2.45) is 11.8 Å². The van der Waals surface area contributed by atoms with E-state index in [1.54, 1.807) is 0 Å². The Labute approximate surface area is 117 Å². The molecule has 1 unspecified atom stereocenters. The van der Waals surface area contributed by atoms with Gasteiger partial charge in [-0.25, -0.2) is 0 Å². The van der Waals surface area contributed by atoms with Crippen LogP contribution in [-0.4, -0.2) is 49.7 Å². The largest absolute Gasteiger partial charge is 0.468 e. The molecule has 0 aliphatic carbocycles. The predicted octanol–water partition coefficient (Wildman–Crippen LogP) is 1.89. The van der Waals surface area contributed by atoms with Gasteiger partial charge in [0.05, 0.1) is 7.11 Å². The van der Waals surface area contributed by atoms with Gasteiger partial charge in [-0.3, -0.25) is 4.79 Å². The summed E-state index contributed by atoms with van der Waals surface area (Å²) in [6, 6.07) is 0.176. The van der Waals surface area contributed by atoms with Crippen molar-refractivity contribution < 1.29 is 9.53 Å². The van der Waals surface area contributed by atoms with Crippen LogP contribution in [0.4, 0.5) is 0 Å². The smallest absolute Gasteiger partial charge is 0.323 e. The highest BCUT2D eigenvalue weighted by atomic mass is 16.5. The molecular weight excluding hydrogens is 240 g/mol. The van der Waals surface area contributed by atoms with Crippen molar-refractivity contribution in [1.82, 2.24) is 10.2 Å². The number of rotatable bonds is 6. The van der Waals surface area contributed by atoms with Crippen LogP contribution in [0, 0.1) is 11.8 Å². The van der Waals surface area contributed by atoms with Crippen molar-refractivity contribution in [2.45, 2.75) is 52.6 Å². The molecule has 1 aliphatic heterocycles. The lowest BCUT2D eigenvalue weighted by Crippen LogP contribution is -2.50. The highest BCUT2D eigenvalue weighted by Gasteiger charge is 2.29. The van der Waals surface area contributed by atoms with Crippen molar-refractivity contribution in [3.63, 3.8) is 0 Å². The van der Waals surface area contributed by atoms with Crippen molar-refractivity contribution in [1.29, 1.82) is 0 Å². The molecule has 0 radical (unpaired) electrons. The third kappa shape index (κ3) is 4.77. The number of likely N-dealkylation sites (tertiary alicyclic amines) is 1. The summed E-state index contributed by atoms with van der Waals surface area (Å²) >= 11 is 0.